The molecule has 1 N–H and O–H groups in total. The fourth-order valence-corrected chi connectivity index (χ4v) is 3.89. The number of rotatable bonds is 2. The van der Waals surface area contributed by atoms with Crippen LogP contribution in [0.15, 0.2) is 24.5 Å². The van der Waals surface area contributed by atoms with E-state index < -0.39 is 11.7 Å². The van der Waals surface area contributed by atoms with E-state index in [2.05, 4.69) is 10.1 Å². The number of nitrogens with zero attached hydrogens (tertiary/aromatic N) is 4. The minimum absolute atomic E-state index is 0.105. The molecule has 1 saturated heterocycles. The van der Waals surface area contributed by atoms with E-state index in [4.69, 9.17) is 16.3 Å². The number of piperidine rings is 1. The van der Waals surface area contributed by atoms with Crippen molar-refractivity contribution in [2.24, 2.45) is 0 Å². The molecule has 1 unspecified atom stereocenters. The second kappa shape index (κ2) is 6.80. The maximum absolute atomic E-state index is 12.6. The van der Waals surface area contributed by atoms with Gasteiger partial charge in [0.1, 0.15) is 23.1 Å². The van der Waals surface area contributed by atoms with Crippen LogP contribution in [0.1, 0.15) is 61.4 Å². The zero-order valence-corrected chi connectivity index (χ0v) is 16.2. The molecular weight excluding hydrogens is 368 g/mol. The van der Waals surface area contributed by atoms with Gasteiger partial charge < -0.3 is 14.7 Å². The number of hydrogen-bond acceptors (Lipinski definition) is 5. The van der Waals surface area contributed by atoms with Gasteiger partial charge in [0, 0.05) is 44.6 Å². The Morgan fingerprint density at radius 2 is 2.11 bits per heavy atom. The molecule has 8 heteroatoms. The Labute approximate surface area is 162 Å². The van der Waals surface area contributed by atoms with Gasteiger partial charge >= 0.3 is 0 Å². The number of carbonyl (C=O) groups is 1. The molecule has 144 valence electrons. The maximum atomic E-state index is 12.6. The number of aromatic nitrogens is 3. The van der Waals surface area contributed by atoms with Crippen molar-refractivity contribution < 1.29 is 14.6 Å². The molecule has 4 rings (SSSR count). The van der Waals surface area contributed by atoms with Gasteiger partial charge in [0.05, 0.1) is 11.2 Å². The van der Waals surface area contributed by atoms with Gasteiger partial charge in [-0.15, -0.1) is 0 Å². The minimum Gasteiger partial charge on any atom is -0.483 e. The number of hydrogen-bond donors (Lipinski definition) is 1. The van der Waals surface area contributed by atoms with Crippen molar-refractivity contribution in [1.29, 1.82) is 0 Å². The molecule has 0 saturated carbocycles. The molecule has 2 aliphatic heterocycles. The highest BCUT2D eigenvalue weighted by Crippen LogP contribution is 2.44. The third-order valence-corrected chi connectivity index (χ3v) is 5.59. The molecule has 1 amide bonds. The van der Waals surface area contributed by atoms with Crippen molar-refractivity contribution in [1.82, 2.24) is 19.7 Å². The molecule has 2 aromatic heterocycles. The van der Waals surface area contributed by atoms with Gasteiger partial charge in [-0.1, -0.05) is 11.6 Å². The number of aliphatic hydroxyl groups excluding tert-OH is 1. The Bertz CT molecular complexity index is 841. The van der Waals surface area contributed by atoms with E-state index >= 15 is 0 Å². The predicted molar refractivity (Wildman–Crippen MR) is 99.9 cm³/mol. The summed E-state index contributed by atoms with van der Waals surface area (Å²) in [5.41, 5.74) is 0.542. The van der Waals surface area contributed by atoms with Crippen LogP contribution in [0.3, 0.4) is 0 Å². The summed E-state index contributed by atoms with van der Waals surface area (Å²) in [7, 11) is 0. The van der Waals surface area contributed by atoms with Crippen molar-refractivity contribution in [3.05, 3.63) is 40.9 Å². The van der Waals surface area contributed by atoms with Crippen molar-refractivity contribution in [3.8, 4) is 5.75 Å². The summed E-state index contributed by atoms with van der Waals surface area (Å²) in [5.74, 6) is 0.549. The quantitative estimate of drug-likeness (QED) is 0.852. The van der Waals surface area contributed by atoms with Crippen molar-refractivity contribution >= 4 is 17.5 Å². The Balaban J connectivity index is 1.46. The fraction of sp³-hybridized carbons (Fsp3) is 0.526. The van der Waals surface area contributed by atoms with E-state index in [1.54, 1.807) is 17.0 Å². The van der Waals surface area contributed by atoms with Crippen LogP contribution in [0.2, 0.25) is 5.02 Å². The van der Waals surface area contributed by atoms with Crippen LogP contribution in [0.4, 0.5) is 0 Å². The first-order valence-corrected chi connectivity index (χ1v) is 9.62. The molecule has 1 atom stereocenters. The number of likely N-dealkylation sites (tertiary alicyclic amines) is 1. The second-order valence-corrected chi connectivity index (χ2v) is 8.05. The minimum atomic E-state index is -0.645. The Morgan fingerprint density at radius 3 is 2.74 bits per heavy atom. The number of ether oxygens (including phenoxy) is 1. The molecule has 0 aliphatic carbocycles. The molecule has 1 fully saturated rings. The normalized spacial score (nSPS) is 21.2. The van der Waals surface area contributed by atoms with Gasteiger partial charge in [-0.05, 0) is 26.0 Å². The van der Waals surface area contributed by atoms with Gasteiger partial charge in [0.25, 0.3) is 5.91 Å². The van der Waals surface area contributed by atoms with Crippen LogP contribution in [0.5, 0.6) is 5.75 Å². The van der Waals surface area contributed by atoms with E-state index in [0.717, 1.165) is 0 Å². The maximum Gasteiger partial charge on any atom is 0.272 e. The van der Waals surface area contributed by atoms with Crippen LogP contribution < -0.4 is 4.74 Å². The second-order valence-electron chi connectivity index (χ2n) is 7.61. The number of carbonyl (C=O) groups excluding carboxylic acids is 1. The van der Waals surface area contributed by atoms with Crippen LogP contribution >= 0.6 is 11.6 Å². The topological polar surface area (TPSA) is 80.5 Å². The molecule has 2 aromatic rings. The molecule has 27 heavy (non-hydrogen) atoms. The molecule has 2 aliphatic rings. The lowest BCUT2D eigenvalue weighted by atomic mass is 9.83. The van der Waals surface area contributed by atoms with Crippen LogP contribution in [0, 0.1) is 0 Å². The average Bonchev–Trinajstić information content (AvgIpc) is 3.07. The van der Waals surface area contributed by atoms with E-state index in [0.29, 0.717) is 54.5 Å². The average molecular weight is 391 g/mol. The first-order valence-electron chi connectivity index (χ1n) is 9.24. The van der Waals surface area contributed by atoms with Crippen molar-refractivity contribution in [2.45, 2.75) is 50.9 Å². The first-order chi connectivity index (χ1) is 12.9. The first kappa shape index (κ1) is 18.3. The molecule has 1 spiro atoms. The highest BCUT2D eigenvalue weighted by Gasteiger charge is 2.45. The standard InChI is InChI=1S/C19H23ClN4O3/c1-12(2)24-11-16-17(22-24)15(25)9-19(27-16)5-7-23(8-6-19)18(26)14-4-3-13(20)10-21-14/h3-4,10-12,15,25H,5-9H2,1-2H3. The SMILES string of the molecule is CC(C)n1cc2c(n1)C(O)CC1(CCN(C(=O)c3ccc(Cl)cn3)CC1)O2. The third kappa shape index (κ3) is 3.41. The molecule has 0 bridgehead atoms. The molecule has 0 radical (unpaired) electrons. The Hall–Kier alpha value is -2.12. The van der Waals surface area contributed by atoms with E-state index in [-0.39, 0.29) is 11.9 Å². The summed E-state index contributed by atoms with van der Waals surface area (Å²) >= 11 is 5.84. The lowest BCUT2D eigenvalue weighted by molar-refractivity contribution is -0.0505. The lowest BCUT2D eigenvalue weighted by Gasteiger charge is -2.44. The summed E-state index contributed by atoms with van der Waals surface area (Å²) in [6, 6.07) is 3.51. The van der Waals surface area contributed by atoms with E-state index in [9.17, 15) is 9.90 Å². The third-order valence-electron chi connectivity index (χ3n) is 5.37. The molecule has 7 nitrogen and oxygen atoms in total. The summed E-state index contributed by atoms with van der Waals surface area (Å²) < 4.78 is 8.11. The number of aliphatic hydroxyl groups is 1. The number of halogens is 1. The summed E-state index contributed by atoms with van der Waals surface area (Å²) in [5, 5.41) is 15.6. The molecular formula is C19H23ClN4O3. The van der Waals surface area contributed by atoms with Crippen LogP contribution in [-0.2, 0) is 0 Å². The van der Waals surface area contributed by atoms with Crippen molar-refractivity contribution in [2.75, 3.05) is 13.1 Å². The highest BCUT2D eigenvalue weighted by atomic mass is 35.5. The smallest absolute Gasteiger partial charge is 0.272 e. The van der Waals surface area contributed by atoms with E-state index in [1.165, 1.54) is 6.20 Å². The fourth-order valence-electron chi connectivity index (χ4n) is 3.77. The zero-order chi connectivity index (χ0) is 19.2. The van der Waals surface area contributed by atoms with Gasteiger partial charge in [-0.25, -0.2) is 4.98 Å². The Morgan fingerprint density at radius 1 is 1.37 bits per heavy atom. The predicted octanol–water partition coefficient (Wildman–Crippen LogP) is 3.00. The summed E-state index contributed by atoms with van der Waals surface area (Å²) in [4.78, 5) is 18.5. The number of fused-ring (bicyclic) bond motifs is 1. The summed E-state index contributed by atoms with van der Waals surface area (Å²) in [6.45, 7) is 5.19. The zero-order valence-electron chi connectivity index (χ0n) is 15.4. The summed E-state index contributed by atoms with van der Waals surface area (Å²) in [6.07, 6.45) is 4.52. The van der Waals surface area contributed by atoms with Crippen LogP contribution in [0.25, 0.3) is 0 Å². The van der Waals surface area contributed by atoms with Crippen molar-refractivity contribution in [3.63, 3.8) is 0 Å². The lowest BCUT2D eigenvalue weighted by Crippen LogP contribution is -2.51. The number of pyridine rings is 1. The number of amides is 1. The molecule has 4 heterocycles. The monoisotopic (exact) mass is 390 g/mol. The van der Waals surface area contributed by atoms with Crippen LogP contribution in [-0.4, -0.2) is 49.4 Å². The van der Waals surface area contributed by atoms with Gasteiger partial charge in [-0.3, -0.25) is 9.48 Å². The molecule has 0 aromatic carbocycles. The highest BCUT2D eigenvalue weighted by molar-refractivity contribution is 6.30. The van der Waals surface area contributed by atoms with Gasteiger partial charge in [0.2, 0.25) is 0 Å². The Kier molecular flexibility index (Phi) is 4.60. The van der Waals surface area contributed by atoms with E-state index in [1.807, 2.05) is 24.7 Å². The largest absolute Gasteiger partial charge is 0.483 e. The van der Waals surface area contributed by atoms with Gasteiger partial charge in [0.15, 0.2) is 5.75 Å². The van der Waals surface area contributed by atoms with Gasteiger partial charge in [-0.2, -0.15) is 5.10 Å².